The first kappa shape index (κ1) is 14.1. The Kier molecular flexibility index (Phi) is 3.70. The van der Waals surface area contributed by atoms with E-state index in [-0.39, 0.29) is 17.7 Å². The maximum Gasteiger partial charge on any atom is 0.311 e. The van der Waals surface area contributed by atoms with Gasteiger partial charge in [-0.1, -0.05) is 18.9 Å². The second-order valence-corrected chi connectivity index (χ2v) is 6.33. The zero-order chi connectivity index (χ0) is 14.2. The highest BCUT2D eigenvalue weighted by molar-refractivity contribution is 5.82. The Morgan fingerprint density at radius 2 is 2.21 bits per heavy atom. The molecule has 1 amide bonds. The lowest BCUT2D eigenvalue weighted by Gasteiger charge is -2.25. The van der Waals surface area contributed by atoms with Gasteiger partial charge in [-0.25, -0.2) is 0 Å². The van der Waals surface area contributed by atoms with Crippen molar-refractivity contribution in [2.24, 2.45) is 17.3 Å². The quantitative estimate of drug-likeness (QED) is 0.793. The van der Waals surface area contributed by atoms with E-state index in [4.69, 9.17) is 0 Å². The smallest absolute Gasteiger partial charge is 0.311 e. The normalized spacial score (nSPS) is 31.1. The highest BCUT2D eigenvalue weighted by Crippen LogP contribution is 2.49. The Balaban J connectivity index is 2.07. The predicted molar refractivity (Wildman–Crippen MR) is 72.6 cm³/mol. The molecule has 4 nitrogen and oxygen atoms in total. The monoisotopic (exact) mass is 265 g/mol. The number of carbonyl (C=O) groups excluding carboxylic acids is 1. The Bertz CT molecular complexity index is 418. The number of amides is 1. The van der Waals surface area contributed by atoms with Crippen LogP contribution in [-0.2, 0) is 9.59 Å². The first-order valence-corrected chi connectivity index (χ1v) is 7.03. The molecule has 1 saturated heterocycles. The SMILES string of the molecule is C=C(C)CC(C)C(=O)N1C[C@@H]2CCC[C@@]2(C(=O)O)C1. The molecule has 1 aliphatic heterocycles. The van der Waals surface area contributed by atoms with Crippen LogP contribution in [0, 0.1) is 17.3 Å². The number of carboxylic acid groups (broad SMARTS) is 1. The first-order chi connectivity index (χ1) is 8.86. The summed E-state index contributed by atoms with van der Waals surface area (Å²) >= 11 is 0. The molecule has 4 heteroatoms. The van der Waals surface area contributed by atoms with E-state index in [0.717, 1.165) is 18.4 Å². The largest absolute Gasteiger partial charge is 0.481 e. The molecule has 0 aromatic heterocycles. The van der Waals surface area contributed by atoms with Crippen LogP contribution in [0.3, 0.4) is 0 Å². The Morgan fingerprint density at radius 3 is 2.74 bits per heavy atom. The van der Waals surface area contributed by atoms with Crippen molar-refractivity contribution in [3.8, 4) is 0 Å². The maximum atomic E-state index is 12.4. The van der Waals surface area contributed by atoms with Crippen LogP contribution in [-0.4, -0.2) is 35.0 Å². The summed E-state index contributed by atoms with van der Waals surface area (Å²) in [5, 5.41) is 9.51. The fraction of sp³-hybridized carbons (Fsp3) is 0.733. The van der Waals surface area contributed by atoms with Crippen molar-refractivity contribution < 1.29 is 14.7 Å². The predicted octanol–water partition coefficient (Wildman–Crippen LogP) is 2.30. The molecule has 0 spiro atoms. The summed E-state index contributed by atoms with van der Waals surface area (Å²) in [6.45, 7) is 8.67. The number of carbonyl (C=O) groups is 2. The topological polar surface area (TPSA) is 57.6 Å². The van der Waals surface area contributed by atoms with Crippen molar-refractivity contribution in [2.75, 3.05) is 13.1 Å². The van der Waals surface area contributed by atoms with Gasteiger partial charge in [0.25, 0.3) is 0 Å². The third kappa shape index (κ3) is 2.40. The van der Waals surface area contributed by atoms with Crippen LogP contribution in [0.2, 0.25) is 0 Å². The minimum absolute atomic E-state index is 0.0815. The summed E-state index contributed by atoms with van der Waals surface area (Å²) in [4.78, 5) is 25.7. The second-order valence-electron chi connectivity index (χ2n) is 6.33. The first-order valence-electron chi connectivity index (χ1n) is 7.03. The standard InChI is InChI=1S/C15H23NO3/c1-10(2)7-11(3)13(17)16-8-12-5-4-6-15(12,9-16)14(18)19/h11-12H,1,4-9H2,2-3H3,(H,18,19)/t11?,12-,15+/m0/s1. The lowest BCUT2D eigenvalue weighted by atomic mass is 9.81. The third-order valence-electron chi connectivity index (χ3n) is 4.68. The summed E-state index contributed by atoms with van der Waals surface area (Å²) in [5.41, 5.74) is 0.326. The van der Waals surface area contributed by atoms with Gasteiger partial charge in [0.15, 0.2) is 0 Å². The number of nitrogens with zero attached hydrogens (tertiary/aromatic N) is 1. The van der Waals surface area contributed by atoms with E-state index in [1.54, 1.807) is 4.90 Å². The molecule has 19 heavy (non-hydrogen) atoms. The molecule has 2 aliphatic rings. The average molecular weight is 265 g/mol. The van der Waals surface area contributed by atoms with Crippen LogP contribution >= 0.6 is 0 Å². The van der Waals surface area contributed by atoms with Gasteiger partial charge >= 0.3 is 5.97 Å². The van der Waals surface area contributed by atoms with Crippen LogP contribution in [0.5, 0.6) is 0 Å². The van der Waals surface area contributed by atoms with E-state index >= 15 is 0 Å². The number of hydrogen-bond donors (Lipinski definition) is 1. The Hall–Kier alpha value is -1.32. The zero-order valence-corrected chi connectivity index (χ0v) is 11.8. The van der Waals surface area contributed by atoms with Gasteiger partial charge in [0, 0.05) is 19.0 Å². The van der Waals surface area contributed by atoms with Crippen LogP contribution in [0.4, 0.5) is 0 Å². The molecule has 0 radical (unpaired) electrons. The van der Waals surface area contributed by atoms with E-state index in [2.05, 4.69) is 6.58 Å². The molecule has 1 aliphatic carbocycles. The van der Waals surface area contributed by atoms with Gasteiger partial charge in [0.2, 0.25) is 5.91 Å². The zero-order valence-electron chi connectivity index (χ0n) is 11.8. The molecule has 1 unspecified atom stereocenters. The summed E-state index contributed by atoms with van der Waals surface area (Å²) < 4.78 is 0. The van der Waals surface area contributed by atoms with E-state index in [1.165, 1.54) is 0 Å². The number of allylic oxidation sites excluding steroid dienone is 1. The fourth-order valence-electron chi connectivity index (χ4n) is 3.73. The molecule has 0 aromatic carbocycles. The third-order valence-corrected chi connectivity index (χ3v) is 4.68. The van der Waals surface area contributed by atoms with Crippen LogP contribution < -0.4 is 0 Å². The van der Waals surface area contributed by atoms with Crippen molar-refractivity contribution >= 4 is 11.9 Å². The van der Waals surface area contributed by atoms with Gasteiger partial charge in [-0.15, -0.1) is 6.58 Å². The summed E-state index contributed by atoms with van der Waals surface area (Å²) in [7, 11) is 0. The lowest BCUT2D eigenvalue weighted by Crippen LogP contribution is -2.38. The highest BCUT2D eigenvalue weighted by atomic mass is 16.4. The summed E-state index contributed by atoms with van der Waals surface area (Å²) in [6, 6.07) is 0. The number of carboxylic acids is 1. The minimum Gasteiger partial charge on any atom is -0.481 e. The van der Waals surface area contributed by atoms with E-state index in [1.807, 2.05) is 13.8 Å². The molecule has 106 valence electrons. The number of rotatable bonds is 4. The molecular weight excluding hydrogens is 242 g/mol. The van der Waals surface area contributed by atoms with Crippen molar-refractivity contribution in [3.63, 3.8) is 0 Å². The van der Waals surface area contributed by atoms with Crippen LogP contribution in [0.25, 0.3) is 0 Å². The molecule has 3 atom stereocenters. The van der Waals surface area contributed by atoms with Crippen molar-refractivity contribution in [1.82, 2.24) is 4.90 Å². The Labute approximate surface area is 114 Å². The molecule has 2 fully saturated rings. The van der Waals surface area contributed by atoms with E-state index in [0.29, 0.717) is 25.9 Å². The van der Waals surface area contributed by atoms with Gasteiger partial charge in [-0.3, -0.25) is 9.59 Å². The van der Waals surface area contributed by atoms with Crippen LogP contribution in [0.15, 0.2) is 12.2 Å². The maximum absolute atomic E-state index is 12.4. The molecule has 2 rings (SSSR count). The lowest BCUT2D eigenvalue weighted by molar-refractivity contribution is -0.149. The molecule has 0 bridgehead atoms. The van der Waals surface area contributed by atoms with Crippen LogP contribution in [0.1, 0.15) is 39.5 Å². The fourth-order valence-corrected chi connectivity index (χ4v) is 3.73. The van der Waals surface area contributed by atoms with Gasteiger partial charge in [-0.05, 0) is 32.1 Å². The van der Waals surface area contributed by atoms with Gasteiger partial charge in [-0.2, -0.15) is 0 Å². The van der Waals surface area contributed by atoms with E-state index in [9.17, 15) is 14.7 Å². The summed E-state index contributed by atoms with van der Waals surface area (Å²) in [6.07, 6.45) is 3.30. The van der Waals surface area contributed by atoms with Gasteiger partial charge in [0.1, 0.15) is 0 Å². The minimum atomic E-state index is -0.724. The van der Waals surface area contributed by atoms with E-state index < -0.39 is 11.4 Å². The molecule has 0 aromatic rings. The van der Waals surface area contributed by atoms with Crippen molar-refractivity contribution in [3.05, 3.63) is 12.2 Å². The Morgan fingerprint density at radius 1 is 1.53 bits per heavy atom. The number of hydrogen-bond acceptors (Lipinski definition) is 2. The van der Waals surface area contributed by atoms with Gasteiger partial charge in [0.05, 0.1) is 5.41 Å². The van der Waals surface area contributed by atoms with Crippen molar-refractivity contribution in [1.29, 1.82) is 0 Å². The van der Waals surface area contributed by atoms with Crippen molar-refractivity contribution in [2.45, 2.75) is 39.5 Å². The van der Waals surface area contributed by atoms with Gasteiger partial charge < -0.3 is 10.0 Å². The average Bonchev–Trinajstić information content (AvgIpc) is 2.83. The number of fused-ring (bicyclic) bond motifs is 1. The number of likely N-dealkylation sites (tertiary alicyclic amines) is 1. The molecule has 1 N–H and O–H groups in total. The molecular formula is C15H23NO3. The highest BCUT2D eigenvalue weighted by Gasteiger charge is 2.55. The molecule has 1 heterocycles. The molecule has 1 saturated carbocycles. The second kappa shape index (κ2) is 4.99. The summed E-state index contributed by atoms with van der Waals surface area (Å²) in [5.74, 6) is -0.593. The number of aliphatic carboxylic acids is 1.